The number of aryl methyl sites for hydroxylation is 1. The Bertz CT molecular complexity index is 1500. The lowest BCUT2D eigenvalue weighted by molar-refractivity contribution is -0.113. The molecule has 0 saturated carbocycles. The number of carbonyl (C=O) groups is 1. The number of amides is 1. The van der Waals surface area contributed by atoms with Crippen LogP contribution in [0.5, 0.6) is 5.75 Å². The lowest BCUT2D eigenvalue weighted by Gasteiger charge is -2.29. The van der Waals surface area contributed by atoms with E-state index in [1.807, 2.05) is 55.5 Å². The summed E-state index contributed by atoms with van der Waals surface area (Å²) in [6.07, 6.45) is 0. The predicted octanol–water partition coefficient (Wildman–Crippen LogP) is 5.95. The molecule has 2 N–H and O–H groups in total. The van der Waals surface area contributed by atoms with Crippen LogP contribution in [0.3, 0.4) is 0 Å². The smallest absolute Gasteiger partial charge is 0.255 e. The molecule has 1 aliphatic rings. The molecule has 1 aliphatic heterocycles. The third-order valence-electron chi connectivity index (χ3n) is 6.17. The van der Waals surface area contributed by atoms with Gasteiger partial charge in [-0.05, 0) is 49.2 Å². The van der Waals surface area contributed by atoms with Crippen molar-refractivity contribution in [3.63, 3.8) is 0 Å². The normalized spacial score (nSPS) is 14.6. The molecule has 0 aliphatic carbocycles. The van der Waals surface area contributed by atoms with E-state index in [4.69, 9.17) is 9.84 Å². The molecule has 0 bridgehead atoms. The second-order valence-electron chi connectivity index (χ2n) is 8.66. The number of anilines is 2. The lowest BCUT2D eigenvalue weighted by Crippen LogP contribution is -2.32. The second kappa shape index (κ2) is 10.5. The number of rotatable bonds is 7. The Hall–Kier alpha value is -4.11. The fourth-order valence-corrected chi connectivity index (χ4v) is 5.06. The molecule has 1 aromatic heterocycles. The molecule has 4 aromatic rings. The van der Waals surface area contributed by atoms with Crippen LogP contribution in [0.4, 0.5) is 16.0 Å². The first-order valence-electron chi connectivity index (χ1n) is 11.8. The van der Waals surface area contributed by atoms with Crippen molar-refractivity contribution < 1.29 is 13.9 Å². The highest BCUT2D eigenvalue weighted by Gasteiger charge is 2.36. The van der Waals surface area contributed by atoms with Crippen LogP contribution in [0.1, 0.15) is 29.7 Å². The van der Waals surface area contributed by atoms with E-state index in [1.165, 1.54) is 17.8 Å². The molecule has 7 nitrogen and oxygen atoms in total. The first kappa shape index (κ1) is 24.6. The van der Waals surface area contributed by atoms with Crippen LogP contribution in [0.2, 0.25) is 0 Å². The van der Waals surface area contributed by atoms with E-state index >= 15 is 4.39 Å². The van der Waals surface area contributed by atoms with Crippen molar-refractivity contribution in [3.05, 3.63) is 107 Å². The largest absolute Gasteiger partial charge is 0.497 e. The Labute approximate surface area is 218 Å². The van der Waals surface area contributed by atoms with Crippen molar-refractivity contribution in [2.45, 2.75) is 30.8 Å². The number of nitrogens with one attached hydrogen (secondary N) is 2. The zero-order chi connectivity index (χ0) is 25.9. The van der Waals surface area contributed by atoms with Gasteiger partial charge in [-0.2, -0.15) is 4.98 Å². The van der Waals surface area contributed by atoms with Crippen LogP contribution in [0, 0.1) is 12.7 Å². The van der Waals surface area contributed by atoms with Crippen LogP contribution in [0.15, 0.2) is 89.2 Å². The van der Waals surface area contributed by atoms with Crippen molar-refractivity contribution in [2.75, 3.05) is 17.7 Å². The zero-order valence-corrected chi connectivity index (χ0v) is 21.5. The topological polar surface area (TPSA) is 81.1 Å². The highest BCUT2D eigenvalue weighted by molar-refractivity contribution is 7.98. The van der Waals surface area contributed by atoms with Gasteiger partial charge in [0.15, 0.2) is 0 Å². The number of nitrogens with zero attached hydrogens (tertiary/aromatic N) is 3. The molecule has 0 saturated heterocycles. The number of aromatic nitrogens is 3. The summed E-state index contributed by atoms with van der Waals surface area (Å²) in [6.45, 7) is 3.72. The van der Waals surface area contributed by atoms with Gasteiger partial charge in [0, 0.05) is 22.7 Å². The van der Waals surface area contributed by atoms with Crippen molar-refractivity contribution >= 4 is 29.3 Å². The van der Waals surface area contributed by atoms with Crippen molar-refractivity contribution in [1.29, 1.82) is 0 Å². The summed E-state index contributed by atoms with van der Waals surface area (Å²) in [6, 6.07) is 21.0. The molecule has 0 fully saturated rings. The summed E-state index contributed by atoms with van der Waals surface area (Å²) >= 11 is 1.45. The van der Waals surface area contributed by atoms with Crippen molar-refractivity contribution in [3.8, 4) is 5.75 Å². The number of thioether (sulfide) groups is 1. The molecule has 2 heterocycles. The third-order valence-corrected chi connectivity index (χ3v) is 7.08. The molecule has 9 heteroatoms. The minimum absolute atomic E-state index is 0.334. The summed E-state index contributed by atoms with van der Waals surface area (Å²) in [4.78, 5) is 18.2. The van der Waals surface area contributed by atoms with Gasteiger partial charge in [-0.25, -0.2) is 9.07 Å². The van der Waals surface area contributed by atoms with Crippen LogP contribution in [-0.4, -0.2) is 27.8 Å². The van der Waals surface area contributed by atoms with Gasteiger partial charge in [-0.3, -0.25) is 4.79 Å². The second-order valence-corrected chi connectivity index (χ2v) is 9.60. The summed E-state index contributed by atoms with van der Waals surface area (Å²) in [5, 5.41) is 11.4. The maximum absolute atomic E-state index is 15.1. The number of allylic oxidation sites excluding steroid dienone is 1. The molecule has 1 unspecified atom stereocenters. The maximum atomic E-state index is 15.1. The van der Waals surface area contributed by atoms with Crippen LogP contribution in [-0.2, 0) is 10.5 Å². The van der Waals surface area contributed by atoms with Gasteiger partial charge >= 0.3 is 0 Å². The summed E-state index contributed by atoms with van der Waals surface area (Å²) in [5.41, 5.74) is 3.98. The van der Waals surface area contributed by atoms with Crippen LogP contribution < -0.4 is 15.4 Å². The standard InChI is InChI=1S/C28H26FN5O2S/c1-17-9-4-7-14-23(17)31-26(35)24-18(2)30-27-32-28(37-16-19-10-8-11-20(15-19)36-3)33-34(27)25(24)21-12-5-6-13-22(21)29/h4-15,25H,16H2,1-3H3,(H,31,35)(H,30,32,33). The van der Waals surface area contributed by atoms with Gasteiger partial charge in [-0.15, -0.1) is 5.10 Å². The van der Waals surface area contributed by atoms with E-state index in [-0.39, 0.29) is 5.91 Å². The number of fused-ring (bicyclic) bond motifs is 1. The Morgan fingerprint density at radius 2 is 1.89 bits per heavy atom. The van der Waals surface area contributed by atoms with Crippen molar-refractivity contribution in [1.82, 2.24) is 14.8 Å². The van der Waals surface area contributed by atoms with E-state index in [0.717, 1.165) is 16.9 Å². The average molecular weight is 516 g/mol. The molecule has 0 radical (unpaired) electrons. The van der Waals surface area contributed by atoms with E-state index in [0.29, 0.717) is 39.4 Å². The van der Waals surface area contributed by atoms with Gasteiger partial charge in [0.2, 0.25) is 11.1 Å². The Morgan fingerprint density at radius 3 is 2.68 bits per heavy atom. The molecular weight excluding hydrogens is 489 g/mol. The lowest BCUT2D eigenvalue weighted by atomic mass is 9.94. The Morgan fingerprint density at radius 1 is 1.11 bits per heavy atom. The van der Waals surface area contributed by atoms with Gasteiger partial charge in [-0.1, -0.05) is 60.3 Å². The quantitative estimate of drug-likeness (QED) is 0.296. The molecule has 1 atom stereocenters. The van der Waals surface area contributed by atoms with E-state index in [9.17, 15) is 4.79 Å². The molecule has 5 rings (SSSR count). The van der Waals surface area contributed by atoms with E-state index in [2.05, 4.69) is 15.6 Å². The monoisotopic (exact) mass is 515 g/mol. The SMILES string of the molecule is COc1cccc(CSc2nc3n(n2)C(c2ccccc2F)C(C(=O)Nc2ccccc2C)=C(C)N3)c1. The number of para-hydroxylation sites is 1. The number of benzene rings is 3. The highest BCUT2D eigenvalue weighted by Crippen LogP contribution is 2.38. The number of halogens is 1. The van der Waals surface area contributed by atoms with Gasteiger partial charge in [0.05, 0.1) is 12.7 Å². The predicted molar refractivity (Wildman–Crippen MR) is 143 cm³/mol. The summed E-state index contributed by atoms with van der Waals surface area (Å²) in [7, 11) is 1.63. The van der Waals surface area contributed by atoms with Crippen molar-refractivity contribution in [2.24, 2.45) is 0 Å². The molecule has 188 valence electrons. The fourth-order valence-electron chi connectivity index (χ4n) is 4.28. The van der Waals surface area contributed by atoms with Crippen LogP contribution in [0.25, 0.3) is 0 Å². The molecular formula is C28H26FN5O2S. The maximum Gasteiger partial charge on any atom is 0.255 e. The summed E-state index contributed by atoms with van der Waals surface area (Å²) < 4.78 is 22.0. The van der Waals surface area contributed by atoms with Gasteiger partial charge < -0.3 is 15.4 Å². The number of hydrogen-bond acceptors (Lipinski definition) is 6. The first-order chi connectivity index (χ1) is 17.9. The number of ether oxygens (including phenoxy) is 1. The molecule has 0 spiro atoms. The van der Waals surface area contributed by atoms with E-state index in [1.54, 1.807) is 36.9 Å². The minimum Gasteiger partial charge on any atom is -0.497 e. The van der Waals surface area contributed by atoms with Crippen LogP contribution >= 0.6 is 11.8 Å². The highest BCUT2D eigenvalue weighted by atomic mass is 32.2. The molecule has 37 heavy (non-hydrogen) atoms. The van der Waals surface area contributed by atoms with E-state index < -0.39 is 11.9 Å². The zero-order valence-electron chi connectivity index (χ0n) is 20.7. The van der Waals surface area contributed by atoms with Gasteiger partial charge in [0.25, 0.3) is 5.91 Å². The minimum atomic E-state index is -0.792. The number of methoxy groups -OCH3 is 1. The van der Waals surface area contributed by atoms with Gasteiger partial charge in [0.1, 0.15) is 17.6 Å². The average Bonchev–Trinajstić information content (AvgIpc) is 3.31. The first-order valence-corrected chi connectivity index (χ1v) is 12.7. The Kier molecular flexibility index (Phi) is 6.96. The third kappa shape index (κ3) is 5.08. The number of carbonyl (C=O) groups excluding carboxylic acids is 1. The fraction of sp³-hybridized carbons (Fsp3) is 0.179. The molecule has 1 amide bonds. The number of hydrogen-bond donors (Lipinski definition) is 2. The summed E-state index contributed by atoms with van der Waals surface area (Å²) in [5.74, 6) is 1.10. The molecule has 3 aromatic carbocycles. The Balaban J connectivity index is 1.49.